The first-order valence-corrected chi connectivity index (χ1v) is 10.8. The van der Waals surface area contributed by atoms with Crippen LogP contribution in [0.2, 0.25) is 5.02 Å². The Kier molecular flexibility index (Phi) is 5.76. The Hall–Kier alpha value is -1.67. The second kappa shape index (κ2) is 7.75. The van der Waals surface area contributed by atoms with Crippen LogP contribution in [-0.4, -0.2) is 29.3 Å². The minimum atomic E-state index is -3.75. The van der Waals surface area contributed by atoms with Crippen molar-refractivity contribution < 1.29 is 8.42 Å². The van der Waals surface area contributed by atoms with Crippen LogP contribution in [0.4, 0.5) is 0 Å². The average molecular weight is 469 g/mol. The molecule has 1 atom stereocenters. The number of imidazole rings is 1. The number of halogens is 2. The molecule has 0 amide bonds. The van der Waals surface area contributed by atoms with Gasteiger partial charge in [0.25, 0.3) is 0 Å². The van der Waals surface area contributed by atoms with Gasteiger partial charge in [0.05, 0.1) is 4.90 Å². The zero-order chi connectivity index (χ0) is 19.8. The molecule has 27 heavy (non-hydrogen) atoms. The molecule has 0 aliphatic heterocycles. The lowest BCUT2D eigenvalue weighted by molar-refractivity contribution is 0.398. The zero-order valence-corrected chi connectivity index (χ0v) is 18.3. The molecule has 3 aromatic rings. The summed E-state index contributed by atoms with van der Waals surface area (Å²) in [6, 6.07) is 11.5. The number of rotatable bonds is 5. The summed E-state index contributed by atoms with van der Waals surface area (Å²) < 4.78 is 30.7. The van der Waals surface area contributed by atoms with E-state index in [1.165, 1.54) is 4.31 Å². The van der Waals surface area contributed by atoms with E-state index in [0.29, 0.717) is 10.8 Å². The lowest BCUT2D eigenvalue weighted by Gasteiger charge is -2.28. The quantitative estimate of drug-likeness (QED) is 0.552. The third-order valence-corrected chi connectivity index (χ3v) is 7.42. The molecule has 2 aromatic carbocycles. The van der Waals surface area contributed by atoms with Gasteiger partial charge in [-0.2, -0.15) is 4.31 Å². The predicted octanol–water partition coefficient (Wildman–Crippen LogP) is 4.55. The molecule has 1 heterocycles. The highest BCUT2D eigenvalue weighted by Crippen LogP contribution is 2.32. The molecule has 1 unspecified atom stereocenters. The van der Waals surface area contributed by atoms with Crippen molar-refractivity contribution in [2.75, 3.05) is 7.05 Å². The monoisotopic (exact) mass is 467 g/mol. The van der Waals surface area contributed by atoms with Gasteiger partial charge in [0, 0.05) is 36.0 Å². The maximum absolute atomic E-state index is 13.3. The van der Waals surface area contributed by atoms with E-state index in [0.717, 1.165) is 15.6 Å². The van der Waals surface area contributed by atoms with Crippen molar-refractivity contribution in [1.82, 2.24) is 13.9 Å². The van der Waals surface area contributed by atoms with Crippen LogP contribution in [0.1, 0.15) is 23.0 Å². The molecule has 8 heteroatoms. The Balaban J connectivity index is 2.12. The number of aromatic nitrogens is 2. The van der Waals surface area contributed by atoms with Gasteiger partial charge >= 0.3 is 0 Å². The number of benzene rings is 2. The molecule has 1 aromatic heterocycles. The highest BCUT2D eigenvalue weighted by molar-refractivity contribution is 9.10. The number of hydrogen-bond acceptors (Lipinski definition) is 3. The highest BCUT2D eigenvalue weighted by Gasteiger charge is 2.32. The molecule has 0 fully saturated rings. The number of aryl methyl sites for hydroxylation is 2. The van der Waals surface area contributed by atoms with Gasteiger partial charge in [-0.1, -0.05) is 39.7 Å². The van der Waals surface area contributed by atoms with Crippen LogP contribution in [0.5, 0.6) is 0 Å². The Bertz CT molecular complexity index is 1060. The minimum Gasteiger partial charge on any atom is -0.336 e. The van der Waals surface area contributed by atoms with Crippen molar-refractivity contribution in [2.24, 2.45) is 7.05 Å². The van der Waals surface area contributed by atoms with Crippen LogP contribution in [-0.2, 0) is 17.1 Å². The maximum atomic E-state index is 13.3. The highest BCUT2D eigenvalue weighted by atomic mass is 79.9. The van der Waals surface area contributed by atoms with Crippen molar-refractivity contribution in [3.8, 4) is 0 Å². The van der Waals surface area contributed by atoms with Gasteiger partial charge in [0.2, 0.25) is 10.0 Å². The lowest BCUT2D eigenvalue weighted by Crippen LogP contribution is -2.33. The molecule has 0 radical (unpaired) electrons. The van der Waals surface area contributed by atoms with Gasteiger partial charge < -0.3 is 4.57 Å². The molecule has 3 rings (SSSR count). The smallest absolute Gasteiger partial charge is 0.243 e. The van der Waals surface area contributed by atoms with E-state index in [-0.39, 0.29) is 4.90 Å². The molecular formula is C19H19BrClN3O2S. The van der Waals surface area contributed by atoms with Crippen LogP contribution >= 0.6 is 27.5 Å². The second-order valence-corrected chi connectivity index (χ2v) is 9.57. The normalized spacial score (nSPS) is 13.1. The number of hydrogen-bond donors (Lipinski definition) is 0. The number of nitrogens with zero attached hydrogens (tertiary/aromatic N) is 3. The molecule has 5 nitrogen and oxygen atoms in total. The van der Waals surface area contributed by atoms with E-state index < -0.39 is 16.1 Å². The van der Waals surface area contributed by atoms with E-state index in [1.807, 2.05) is 30.7 Å². The van der Waals surface area contributed by atoms with Crippen LogP contribution < -0.4 is 0 Å². The largest absolute Gasteiger partial charge is 0.336 e. The van der Waals surface area contributed by atoms with Gasteiger partial charge in [0.1, 0.15) is 11.9 Å². The fraction of sp³-hybridized carbons (Fsp3) is 0.211. The molecule has 142 valence electrons. The van der Waals surface area contributed by atoms with Crippen molar-refractivity contribution in [1.29, 1.82) is 0 Å². The molecule has 0 saturated heterocycles. The molecule has 0 bridgehead atoms. The van der Waals surface area contributed by atoms with E-state index in [2.05, 4.69) is 20.9 Å². The molecule has 0 aliphatic rings. The Morgan fingerprint density at radius 2 is 1.85 bits per heavy atom. The van der Waals surface area contributed by atoms with Gasteiger partial charge in [-0.3, -0.25) is 0 Å². The zero-order valence-electron chi connectivity index (χ0n) is 15.1. The lowest BCUT2D eigenvalue weighted by atomic mass is 10.1. The standard InChI is InChI=1S/C19H19BrClN3O2S/c1-13-12-16(8-9-17(13)20)27(25,26)24(3)18(19-22-10-11-23(19)2)14-4-6-15(21)7-5-14/h4-12,18H,1-3H3. The maximum Gasteiger partial charge on any atom is 0.243 e. The fourth-order valence-electron chi connectivity index (χ4n) is 2.89. The molecule has 0 spiro atoms. The van der Waals surface area contributed by atoms with Crippen molar-refractivity contribution in [2.45, 2.75) is 17.9 Å². The summed E-state index contributed by atoms with van der Waals surface area (Å²) in [5.74, 6) is 0.622. The van der Waals surface area contributed by atoms with Gasteiger partial charge in [0.15, 0.2) is 0 Å². The van der Waals surface area contributed by atoms with E-state index >= 15 is 0 Å². The minimum absolute atomic E-state index is 0.235. The third kappa shape index (κ3) is 3.96. The van der Waals surface area contributed by atoms with Gasteiger partial charge in [-0.15, -0.1) is 0 Å². The molecule has 0 saturated carbocycles. The fourth-order valence-corrected chi connectivity index (χ4v) is 4.65. The summed E-state index contributed by atoms with van der Waals surface area (Å²) in [6.07, 6.45) is 3.45. The van der Waals surface area contributed by atoms with Crippen molar-refractivity contribution >= 4 is 37.6 Å². The van der Waals surface area contributed by atoms with Crippen LogP contribution in [0, 0.1) is 6.92 Å². The van der Waals surface area contributed by atoms with Gasteiger partial charge in [-0.05, 0) is 48.4 Å². The Labute approximate surface area is 172 Å². The summed E-state index contributed by atoms with van der Waals surface area (Å²) >= 11 is 9.43. The van der Waals surface area contributed by atoms with Crippen molar-refractivity contribution in [3.63, 3.8) is 0 Å². The molecular weight excluding hydrogens is 450 g/mol. The van der Waals surface area contributed by atoms with E-state index in [4.69, 9.17) is 11.6 Å². The third-order valence-electron chi connectivity index (χ3n) is 4.46. The van der Waals surface area contributed by atoms with Crippen LogP contribution in [0.25, 0.3) is 0 Å². The SMILES string of the molecule is Cc1cc(S(=O)(=O)N(C)C(c2ccc(Cl)cc2)c2nccn2C)ccc1Br. The van der Waals surface area contributed by atoms with Crippen molar-refractivity contribution in [3.05, 3.63) is 81.3 Å². The summed E-state index contributed by atoms with van der Waals surface area (Å²) in [4.78, 5) is 4.63. The summed E-state index contributed by atoms with van der Waals surface area (Å²) in [7, 11) is -0.339. The van der Waals surface area contributed by atoms with Crippen LogP contribution in [0.15, 0.2) is 64.2 Å². The van der Waals surface area contributed by atoms with E-state index in [1.54, 1.807) is 49.8 Å². The summed E-state index contributed by atoms with van der Waals surface area (Å²) in [6.45, 7) is 1.86. The first kappa shape index (κ1) is 20.1. The second-order valence-electron chi connectivity index (χ2n) is 6.28. The van der Waals surface area contributed by atoms with Crippen LogP contribution in [0.3, 0.4) is 0 Å². The Morgan fingerprint density at radius 3 is 2.41 bits per heavy atom. The topological polar surface area (TPSA) is 55.2 Å². The summed E-state index contributed by atoms with van der Waals surface area (Å²) in [5, 5.41) is 0.589. The summed E-state index contributed by atoms with van der Waals surface area (Å²) in [5.41, 5.74) is 1.64. The first-order chi connectivity index (χ1) is 12.7. The predicted molar refractivity (Wildman–Crippen MR) is 110 cm³/mol. The molecule has 0 aliphatic carbocycles. The first-order valence-electron chi connectivity index (χ1n) is 8.18. The van der Waals surface area contributed by atoms with Gasteiger partial charge in [-0.25, -0.2) is 13.4 Å². The average Bonchev–Trinajstić information content (AvgIpc) is 3.04. The van der Waals surface area contributed by atoms with E-state index in [9.17, 15) is 8.42 Å². The number of sulfonamides is 1. The molecule has 0 N–H and O–H groups in total. The Morgan fingerprint density at radius 1 is 1.19 bits per heavy atom.